The van der Waals surface area contributed by atoms with Gasteiger partial charge in [0.2, 0.25) is 0 Å². The molecule has 2 aliphatic carbocycles. The number of phenols is 1. The molecule has 1 amide bonds. The molecule has 10 rings (SSSR count). The lowest BCUT2D eigenvalue weighted by atomic mass is 9.59. The summed E-state index contributed by atoms with van der Waals surface area (Å²) in [6.07, 6.45) is 13.4. The summed E-state index contributed by atoms with van der Waals surface area (Å²) in [7, 11) is -4.48. The quantitative estimate of drug-likeness (QED) is 0.0709. The molecule has 2 saturated carbocycles. The maximum absolute atomic E-state index is 14.7. The molecular formula is C53H67FN8O7S. The minimum absolute atomic E-state index is 0.0259. The molecule has 1 atom stereocenters. The second-order valence-electron chi connectivity index (χ2n) is 21.2. The third-order valence-electron chi connectivity index (χ3n) is 16.1. The van der Waals surface area contributed by atoms with Crippen molar-refractivity contribution in [1.82, 2.24) is 29.5 Å². The molecule has 0 radical (unpaired) electrons. The molecular weight excluding hydrogens is 912 g/mol. The number of hydrogen-bond acceptors (Lipinski definition) is 13. The average Bonchev–Trinajstić information content (AvgIpc) is 3.72. The Morgan fingerprint density at radius 2 is 1.71 bits per heavy atom. The van der Waals surface area contributed by atoms with Crippen LogP contribution in [0.15, 0.2) is 78.1 Å². The number of benzene rings is 2. The number of nitrogens with zero attached hydrogens (tertiary/aromatic N) is 5. The lowest BCUT2D eigenvalue weighted by molar-refractivity contribution is -0.0751. The lowest BCUT2D eigenvalue weighted by Gasteiger charge is -2.59. The highest BCUT2D eigenvalue weighted by Gasteiger charge is 2.50. The Labute approximate surface area is 410 Å². The van der Waals surface area contributed by atoms with Crippen LogP contribution in [0.4, 0.5) is 15.9 Å². The Kier molecular flexibility index (Phi) is 13.6. The van der Waals surface area contributed by atoms with E-state index in [0.29, 0.717) is 66.5 Å². The van der Waals surface area contributed by atoms with Crippen molar-refractivity contribution in [1.29, 1.82) is 0 Å². The number of sulfonamides is 1. The number of hydrogen-bond donors (Lipinski definition) is 5. The number of carbonyl (C=O) groups is 1. The number of aromatic amines is 1. The maximum atomic E-state index is 14.7. The average molecular weight is 979 g/mol. The number of amides is 1. The van der Waals surface area contributed by atoms with Crippen LogP contribution in [0.1, 0.15) is 118 Å². The number of H-pyrrole nitrogens is 1. The lowest BCUT2D eigenvalue weighted by Crippen LogP contribution is -2.61. The summed E-state index contributed by atoms with van der Waals surface area (Å²) < 4.78 is 56.2. The number of nitrogens with one attached hydrogen (secondary N) is 3. The van der Waals surface area contributed by atoms with Crippen LogP contribution < -0.4 is 19.7 Å². The maximum Gasteiger partial charge on any atom is 0.270 e. The van der Waals surface area contributed by atoms with Gasteiger partial charge in [-0.3, -0.25) is 14.6 Å². The molecule has 0 bridgehead atoms. The molecule has 1 unspecified atom stereocenters. The van der Waals surface area contributed by atoms with Crippen molar-refractivity contribution in [3.63, 3.8) is 0 Å². The van der Waals surface area contributed by atoms with E-state index >= 15 is 0 Å². The van der Waals surface area contributed by atoms with Gasteiger partial charge in [-0.05, 0) is 118 Å². The first-order valence-electron chi connectivity index (χ1n) is 25.2. The van der Waals surface area contributed by atoms with E-state index in [2.05, 4.69) is 72.8 Å². The van der Waals surface area contributed by atoms with Gasteiger partial charge in [-0.15, -0.1) is 0 Å². The molecule has 5 aliphatic rings. The Morgan fingerprint density at radius 3 is 2.46 bits per heavy atom. The largest absolute Gasteiger partial charge is 0.506 e. The van der Waals surface area contributed by atoms with Gasteiger partial charge in [0.05, 0.1) is 27.8 Å². The number of ether oxygens (including phenoxy) is 2. The zero-order valence-electron chi connectivity index (χ0n) is 40.5. The highest BCUT2D eigenvalue weighted by Crippen LogP contribution is 2.53. The molecule has 3 aromatic heterocycles. The van der Waals surface area contributed by atoms with Crippen molar-refractivity contribution < 1.29 is 37.3 Å². The number of aromatic nitrogens is 3. The van der Waals surface area contributed by atoms with Gasteiger partial charge in [0.1, 0.15) is 40.1 Å². The Morgan fingerprint density at radius 1 is 0.957 bits per heavy atom. The van der Waals surface area contributed by atoms with E-state index in [1.807, 2.05) is 6.92 Å². The number of halogens is 1. The summed E-state index contributed by atoms with van der Waals surface area (Å²) in [4.78, 5) is 33.2. The van der Waals surface area contributed by atoms with Crippen LogP contribution in [0.5, 0.6) is 17.2 Å². The van der Waals surface area contributed by atoms with Gasteiger partial charge < -0.3 is 34.9 Å². The zero-order valence-corrected chi connectivity index (χ0v) is 41.3. The highest BCUT2D eigenvalue weighted by molar-refractivity contribution is 7.90. The first-order chi connectivity index (χ1) is 33.6. The van der Waals surface area contributed by atoms with Crippen molar-refractivity contribution in [2.45, 2.75) is 120 Å². The molecule has 3 aliphatic heterocycles. The number of anilines is 2. The predicted octanol–water partition coefficient (Wildman–Crippen LogP) is 8.48. The van der Waals surface area contributed by atoms with Crippen molar-refractivity contribution in [2.75, 3.05) is 62.7 Å². The van der Waals surface area contributed by atoms with Gasteiger partial charge in [-0.25, -0.2) is 27.5 Å². The normalized spacial score (nSPS) is 23.9. The summed E-state index contributed by atoms with van der Waals surface area (Å²) >= 11 is 0. The fraction of sp³-hybridized carbons (Fsp3) is 0.528. The number of fused-ring (bicyclic) bond motifs is 1. The first kappa shape index (κ1) is 48.3. The molecule has 17 heteroatoms. The molecule has 15 nitrogen and oxygen atoms in total. The second-order valence-corrected chi connectivity index (χ2v) is 22.9. The monoisotopic (exact) mass is 978 g/mol. The first-order valence-corrected chi connectivity index (χ1v) is 26.7. The number of aromatic hydroxyl groups is 1. The molecule has 1 spiro atoms. The SMILES string of the molecule is CC(C)c1ccccc1C1CN(C2CCOCC2)CCN1C1CC2(CCN(c3cc(Oc4cnc5[nH]cc(F)c5c4)c(C(=O)NS(=O)(=O)c4ccc(NC[C@H]5CC[C@](C)(O)CC5)c(O)c4)cn3)CC2)C1. The minimum atomic E-state index is -4.48. The number of phenolic OH excluding ortho intramolecular Hbond substituents is 1. The topological polar surface area (TPSA) is 185 Å². The number of rotatable bonds is 13. The predicted molar refractivity (Wildman–Crippen MR) is 266 cm³/mol. The van der Waals surface area contributed by atoms with Crippen LogP contribution in [0.2, 0.25) is 0 Å². The molecule has 3 saturated heterocycles. The van der Waals surface area contributed by atoms with Crippen molar-refractivity contribution in [2.24, 2.45) is 11.3 Å². The molecule has 374 valence electrons. The van der Waals surface area contributed by atoms with Crippen molar-refractivity contribution in [3.8, 4) is 17.2 Å². The molecule has 70 heavy (non-hydrogen) atoms. The van der Waals surface area contributed by atoms with Gasteiger partial charge in [0.15, 0.2) is 0 Å². The number of aliphatic hydroxyl groups is 1. The Hall–Kier alpha value is -5.33. The molecule has 6 heterocycles. The van der Waals surface area contributed by atoms with E-state index in [-0.39, 0.29) is 38.5 Å². The van der Waals surface area contributed by atoms with Crippen molar-refractivity contribution in [3.05, 3.63) is 95.7 Å². The van der Waals surface area contributed by atoms with E-state index < -0.39 is 27.3 Å². The van der Waals surface area contributed by atoms with Gasteiger partial charge >= 0.3 is 0 Å². The van der Waals surface area contributed by atoms with Crippen LogP contribution in [0, 0.1) is 17.2 Å². The molecule has 5 N–H and O–H groups in total. The third-order valence-corrected chi connectivity index (χ3v) is 17.5. The molecule has 5 aromatic rings. The van der Waals surface area contributed by atoms with E-state index in [4.69, 9.17) is 14.5 Å². The third kappa shape index (κ3) is 10.2. The highest BCUT2D eigenvalue weighted by atomic mass is 32.2. The smallest absolute Gasteiger partial charge is 0.270 e. The molecule has 5 fully saturated rings. The number of pyridine rings is 2. The number of piperazine rings is 1. The zero-order chi connectivity index (χ0) is 48.8. The second kappa shape index (κ2) is 19.7. The summed E-state index contributed by atoms with van der Waals surface area (Å²) in [5.74, 6) is -0.317. The van der Waals surface area contributed by atoms with Crippen LogP contribution >= 0.6 is 0 Å². The van der Waals surface area contributed by atoms with E-state index in [1.165, 1.54) is 47.9 Å². The van der Waals surface area contributed by atoms with Crippen LogP contribution in [-0.4, -0.2) is 119 Å². The summed E-state index contributed by atoms with van der Waals surface area (Å²) in [6.45, 7) is 13.3. The van der Waals surface area contributed by atoms with E-state index in [0.717, 1.165) is 103 Å². The van der Waals surface area contributed by atoms with Crippen molar-refractivity contribution >= 4 is 38.5 Å². The molecule has 2 aromatic carbocycles. The number of piperidine rings is 1. The summed E-state index contributed by atoms with van der Waals surface area (Å²) in [6, 6.07) is 17.4. The Bertz CT molecular complexity index is 2790. The number of carbonyl (C=O) groups excluding carboxylic acids is 1. The fourth-order valence-corrected chi connectivity index (χ4v) is 12.8. The van der Waals surface area contributed by atoms with E-state index in [9.17, 15) is 27.8 Å². The Balaban J connectivity index is 0.829. The summed E-state index contributed by atoms with van der Waals surface area (Å²) in [5, 5.41) is 24.6. The summed E-state index contributed by atoms with van der Waals surface area (Å²) in [5.41, 5.74) is 2.98. The van der Waals surface area contributed by atoms with Gasteiger partial charge in [-0.2, -0.15) is 0 Å². The van der Waals surface area contributed by atoms with Crippen LogP contribution in [0.3, 0.4) is 0 Å². The van der Waals surface area contributed by atoms with E-state index in [1.54, 1.807) is 6.07 Å². The standard InChI is InChI=1S/C53H67FN8O7S/c1-34(2)40-6-4-5-7-41(40)46-33-61(36-12-22-68-23-13-36)20-21-62(46)37-27-53(28-37)16-18-60(19-17-53)49-26-48(69-38-24-42-44(54)32-58-50(42)57-30-38)43(31-56-49)51(64)59-70(66,67)39-8-9-45(47(63)25-39)55-29-35-10-14-52(3,65)15-11-35/h4-9,24-26,30-32,34-37,46,55,63,65H,10-23,27-29,33H2,1-3H3,(H,57,58)(H,59,64)/t35-,46?,52-. The van der Waals surface area contributed by atoms with Crippen LogP contribution in [-0.2, 0) is 14.8 Å². The fourth-order valence-electron chi connectivity index (χ4n) is 11.9. The van der Waals surface area contributed by atoms with Gasteiger partial charge in [0, 0.05) is 95.1 Å². The van der Waals surface area contributed by atoms with Gasteiger partial charge in [-0.1, -0.05) is 38.1 Å². The van der Waals surface area contributed by atoms with Crippen LogP contribution in [0.25, 0.3) is 11.0 Å². The minimum Gasteiger partial charge on any atom is -0.506 e. The van der Waals surface area contributed by atoms with Gasteiger partial charge in [0.25, 0.3) is 15.9 Å².